The Morgan fingerprint density at radius 1 is 1.08 bits per heavy atom. The number of carbonyl (C=O) groups is 1. The van der Waals surface area contributed by atoms with Gasteiger partial charge < -0.3 is 20.1 Å². The van der Waals surface area contributed by atoms with Gasteiger partial charge in [-0.3, -0.25) is 4.79 Å². The smallest absolute Gasteiger partial charge is 0.234 e. The van der Waals surface area contributed by atoms with Gasteiger partial charge in [-0.25, -0.2) is 0 Å². The second-order valence-electron chi connectivity index (χ2n) is 6.23. The van der Waals surface area contributed by atoms with E-state index in [1.165, 1.54) is 0 Å². The van der Waals surface area contributed by atoms with E-state index >= 15 is 0 Å². The van der Waals surface area contributed by atoms with Crippen LogP contribution in [0, 0.1) is 0 Å². The number of halogens is 1. The first-order chi connectivity index (χ1) is 12.5. The molecule has 0 radical (unpaired) electrons. The molecule has 0 unspecified atom stereocenters. The molecule has 6 heteroatoms. The molecule has 140 valence electrons. The third-order valence-electron chi connectivity index (χ3n) is 3.60. The summed E-state index contributed by atoms with van der Waals surface area (Å²) in [5.41, 5.74) is 2.04. The maximum atomic E-state index is 11.6. The lowest BCUT2D eigenvalue weighted by Crippen LogP contribution is -2.37. The summed E-state index contributed by atoms with van der Waals surface area (Å²) in [7, 11) is 1.61. The molecule has 2 rings (SSSR count). The standard InChI is InChI=1S/C20H25ClN2O3/c1-14(2)23-20(24)12-22-11-16-6-9-18(19(10-16)25-3)26-13-15-4-7-17(21)8-5-15/h4-10,14,22H,11-13H2,1-3H3,(H,23,24). The maximum absolute atomic E-state index is 11.6. The van der Waals surface area contributed by atoms with E-state index in [-0.39, 0.29) is 18.5 Å². The fourth-order valence-electron chi connectivity index (χ4n) is 2.38. The second-order valence-corrected chi connectivity index (χ2v) is 6.66. The van der Waals surface area contributed by atoms with Gasteiger partial charge in [0.25, 0.3) is 0 Å². The van der Waals surface area contributed by atoms with Gasteiger partial charge in [-0.2, -0.15) is 0 Å². The van der Waals surface area contributed by atoms with E-state index in [2.05, 4.69) is 10.6 Å². The first-order valence-corrected chi connectivity index (χ1v) is 8.90. The Kier molecular flexibility index (Phi) is 7.75. The van der Waals surface area contributed by atoms with Crippen molar-refractivity contribution in [3.8, 4) is 11.5 Å². The summed E-state index contributed by atoms with van der Waals surface area (Å²) in [5, 5.41) is 6.66. The van der Waals surface area contributed by atoms with Crippen molar-refractivity contribution >= 4 is 17.5 Å². The first-order valence-electron chi connectivity index (χ1n) is 8.52. The van der Waals surface area contributed by atoms with Crippen LogP contribution in [0.25, 0.3) is 0 Å². The number of amides is 1. The molecule has 0 heterocycles. The molecule has 0 bridgehead atoms. The number of hydrogen-bond acceptors (Lipinski definition) is 4. The fraction of sp³-hybridized carbons (Fsp3) is 0.350. The summed E-state index contributed by atoms with van der Waals surface area (Å²) in [4.78, 5) is 11.6. The van der Waals surface area contributed by atoms with Gasteiger partial charge in [0.1, 0.15) is 6.61 Å². The molecular weight excluding hydrogens is 352 g/mol. The summed E-state index contributed by atoms with van der Waals surface area (Å²) < 4.78 is 11.3. The van der Waals surface area contributed by atoms with Crippen LogP contribution in [0.15, 0.2) is 42.5 Å². The Morgan fingerprint density at radius 2 is 1.77 bits per heavy atom. The lowest BCUT2D eigenvalue weighted by Gasteiger charge is -2.13. The molecule has 2 aromatic rings. The molecule has 0 atom stereocenters. The average Bonchev–Trinajstić information content (AvgIpc) is 2.61. The third-order valence-corrected chi connectivity index (χ3v) is 3.85. The van der Waals surface area contributed by atoms with E-state index in [0.29, 0.717) is 29.7 Å². The van der Waals surface area contributed by atoms with Crippen molar-refractivity contribution in [3.63, 3.8) is 0 Å². The number of methoxy groups -OCH3 is 1. The van der Waals surface area contributed by atoms with Gasteiger partial charge in [-0.15, -0.1) is 0 Å². The zero-order valence-electron chi connectivity index (χ0n) is 15.3. The van der Waals surface area contributed by atoms with Crippen molar-refractivity contribution in [2.75, 3.05) is 13.7 Å². The van der Waals surface area contributed by atoms with Crippen molar-refractivity contribution in [2.45, 2.75) is 33.0 Å². The molecule has 0 spiro atoms. The lowest BCUT2D eigenvalue weighted by molar-refractivity contribution is -0.120. The minimum atomic E-state index is -0.0186. The summed E-state index contributed by atoms with van der Waals surface area (Å²) in [6, 6.07) is 13.4. The molecule has 0 aliphatic heterocycles. The van der Waals surface area contributed by atoms with Crippen LogP contribution in [0.2, 0.25) is 5.02 Å². The van der Waals surface area contributed by atoms with Gasteiger partial charge in [0, 0.05) is 17.6 Å². The molecule has 2 aromatic carbocycles. The van der Waals surface area contributed by atoms with Crippen LogP contribution in [0.5, 0.6) is 11.5 Å². The van der Waals surface area contributed by atoms with Gasteiger partial charge in [0.15, 0.2) is 11.5 Å². The van der Waals surface area contributed by atoms with Crippen LogP contribution in [0.3, 0.4) is 0 Å². The molecular formula is C20H25ClN2O3. The molecule has 0 saturated heterocycles. The molecule has 0 aromatic heterocycles. The Hall–Kier alpha value is -2.24. The van der Waals surface area contributed by atoms with Gasteiger partial charge in [0.2, 0.25) is 5.91 Å². The van der Waals surface area contributed by atoms with Crippen LogP contribution in [0.1, 0.15) is 25.0 Å². The highest BCUT2D eigenvalue weighted by atomic mass is 35.5. The van der Waals surface area contributed by atoms with Crippen LogP contribution < -0.4 is 20.1 Å². The molecule has 1 amide bonds. The van der Waals surface area contributed by atoms with Crippen LogP contribution in [-0.4, -0.2) is 25.6 Å². The molecule has 0 saturated carbocycles. The number of rotatable bonds is 9. The molecule has 0 aliphatic rings. The monoisotopic (exact) mass is 376 g/mol. The number of ether oxygens (including phenoxy) is 2. The van der Waals surface area contributed by atoms with Crippen LogP contribution >= 0.6 is 11.6 Å². The Bertz CT molecular complexity index is 717. The van der Waals surface area contributed by atoms with Gasteiger partial charge in [-0.05, 0) is 49.2 Å². The Morgan fingerprint density at radius 3 is 2.42 bits per heavy atom. The number of carbonyl (C=O) groups excluding carboxylic acids is 1. The van der Waals surface area contributed by atoms with E-state index in [9.17, 15) is 4.79 Å². The predicted octanol–water partition coefficient (Wildman–Crippen LogP) is 3.54. The fourth-order valence-corrected chi connectivity index (χ4v) is 2.50. The van der Waals surface area contributed by atoms with E-state index in [4.69, 9.17) is 21.1 Å². The molecule has 2 N–H and O–H groups in total. The van der Waals surface area contributed by atoms with Gasteiger partial charge in [-0.1, -0.05) is 29.8 Å². The van der Waals surface area contributed by atoms with Crippen LogP contribution in [0.4, 0.5) is 0 Å². The highest BCUT2D eigenvalue weighted by Crippen LogP contribution is 2.29. The van der Waals surface area contributed by atoms with E-state index in [1.807, 2.05) is 56.3 Å². The van der Waals surface area contributed by atoms with Crippen molar-refractivity contribution in [1.29, 1.82) is 0 Å². The van der Waals surface area contributed by atoms with Crippen LogP contribution in [-0.2, 0) is 17.9 Å². The summed E-state index contributed by atoms with van der Waals surface area (Å²) in [6.45, 7) is 5.15. The largest absolute Gasteiger partial charge is 0.493 e. The normalized spacial score (nSPS) is 10.7. The zero-order valence-corrected chi connectivity index (χ0v) is 16.1. The molecule has 0 aliphatic carbocycles. The quantitative estimate of drug-likeness (QED) is 0.702. The third kappa shape index (κ3) is 6.58. The topological polar surface area (TPSA) is 59.6 Å². The molecule has 26 heavy (non-hydrogen) atoms. The van der Waals surface area contributed by atoms with Crippen molar-refractivity contribution in [2.24, 2.45) is 0 Å². The number of benzene rings is 2. The van der Waals surface area contributed by atoms with Crippen molar-refractivity contribution in [3.05, 3.63) is 58.6 Å². The number of nitrogens with one attached hydrogen (secondary N) is 2. The first kappa shape index (κ1) is 20.1. The SMILES string of the molecule is COc1cc(CNCC(=O)NC(C)C)ccc1OCc1ccc(Cl)cc1. The van der Waals surface area contributed by atoms with Gasteiger partial charge >= 0.3 is 0 Å². The minimum Gasteiger partial charge on any atom is -0.493 e. The zero-order chi connectivity index (χ0) is 18.9. The van der Waals surface area contributed by atoms with Crippen molar-refractivity contribution in [1.82, 2.24) is 10.6 Å². The Balaban J connectivity index is 1.89. The highest BCUT2D eigenvalue weighted by Gasteiger charge is 2.08. The minimum absolute atomic E-state index is 0.0186. The maximum Gasteiger partial charge on any atom is 0.234 e. The highest BCUT2D eigenvalue weighted by molar-refractivity contribution is 6.30. The molecule has 0 fully saturated rings. The summed E-state index contributed by atoms with van der Waals surface area (Å²) in [5.74, 6) is 1.31. The number of hydrogen-bond donors (Lipinski definition) is 2. The van der Waals surface area contributed by atoms with Crippen molar-refractivity contribution < 1.29 is 14.3 Å². The van der Waals surface area contributed by atoms with E-state index in [0.717, 1.165) is 11.1 Å². The van der Waals surface area contributed by atoms with Gasteiger partial charge in [0.05, 0.1) is 13.7 Å². The summed E-state index contributed by atoms with van der Waals surface area (Å²) >= 11 is 5.89. The lowest BCUT2D eigenvalue weighted by atomic mass is 10.2. The Labute approximate surface area is 159 Å². The van der Waals surface area contributed by atoms with E-state index < -0.39 is 0 Å². The second kappa shape index (κ2) is 10.0. The average molecular weight is 377 g/mol. The van der Waals surface area contributed by atoms with E-state index in [1.54, 1.807) is 7.11 Å². The summed E-state index contributed by atoms with van der Waals surface area (Å²) in [6.07, 6.45) is 0. The predicted molar refractivity (Wildman–Crippen MR) is 104 cm³/mol. The molecule has 5 nitrogen and oxygen atoms in total.